The molecule has 0 aliphatic heterocycles. The average Bonchev–Trinajstić information content (AvgIpc) is 2.33. The molecule has 0 aliphatic carbocycles. The molecule has 1 aromatic rings. The molecule has 5 heteroatoms. The van der Waals surface area contributed by atoms with Gasteiger partial charge in [-0.2, -0.15) is 0 Å². The lowest BCUT2D eigenvalue weighted by Gasteiger charge is -2.25. The van der Waals surface area contributed by atoms with Crippen LogP contribution in [-0.2, 0) is 11.2 Å². The van der Waals surface area contributed by atoms with Crippen LogP contribution in [0, 0.1) is 5.92 Å². The second-order valence-electron chi connectivity index (χ2n) is 4.65. The normalized spacial score (nSPS) is 11.0. The third kappa shape index (κ3) is 4.90. The lowest BCUT2D eigenvalue weighted by atomic mass is 10.2. The fourth-order valence-corrected chi connectivity index (χ4v) is 2.12. The van der Waals surface area contributed by atoms with Crippen LogP contribution < -0.4 is 4.90 Å². The Morgan fingerprint density at radius 2 is 2.11 bits per heavy atom. The molecular formula is C13H22BrN3O. The largest absolute Gasteiger partial charge is 0.383 e. The van der Waals surface area contributed by atoms with Gasteiger partial charge >= 0.3 is 0 Å². The van der Waals surface area contributed by atoms with Gasteiger partial charge < -0.3 is 9.64 Å². The number of hydrogen-bond acceptors (Lipinski definition) is 4. The van der Waals surface area contributed by atoms with Gasteiger partial charge in [0.25, 0.3) is 0 Å². The molecule has 0 aromatic carbocycles. The van der Waals surface area contributed by atoms with E-state index in [2.05, 4.69) is 51.6 Å². The van der Waals surface area contributed by atoms with Crippen molar-refractivity contribution < 1.29 is 4.74 Å². The van der Waals surface area contributed by atoms with Crippen LogP contribution in [0.5, 0.6) is 0 Å². The number of rotatable bonds is 7. The zero-order valence-electron chi connectivity index (χ0n) is 11.6. The third-order valence-corrected chi connectivity index (χ3v) is 2.93. The van der Waals surface area contributed by atoms with Gasteiger partial charge in [-0.15, -0.1) is 0 Å². The van der Waals surface area contributed by atoms with E-state index in [9.17, 15) is 0 Å². The van der Waals surface area contributed by atoms with Crippen molar-refractivity contribution in [1.29, 1.82) is 0 Å². The molecule has 0 N–H and O–H groups in total. The number of aryl methyl sites for hydroxylation is 1. The Bertz CT molecular complexity index is 371. The second-order valence-corrected chi connectivity index (χ2v) is 5.46. The highest BCUT2D eigenvalue weighted by Gasteiger charge is 2.12. The van der Waals surface area contributed by atoms with E-state index in [0.29, 0.717) is 12.5 Å². The predicted octanol–water partition coefficient (Wildman–Crippen LogP) is 2.91. The van der Waals surface area contributed by atoms with Gasteiger partial charge in [-0.05, 0) is 21.8 Å². The van der Waals surface area contributed by atoms with E-state index in [-0.39, 0.29) is 0 Å². The summed E-state index contributed by atoms with van der Waals surface area (Å²) >= 11 is 3.45. The maximum Gasteiger partial charge on any atom is 0.133 e. The first-order chi connectivity index (χ1) is 8.56. The van der Waals surface area contributed by atoms with Crippen LogP contribution in [0.4, 0.5) is 5.82 Å². The quantitative estimate of drug-likeness (QED) is 0.725. The molecule has 0 bridgehead atoms. The number of ether oxygens (including phenoxy) is 1. The number of hydrogen-bond donors (Lipinski definition) is 0. The summed E-state index contributed by atoms with van der Waals surface area (Å²) < 4.78 is 6.01. The molecule has 0 aliphatic rings. The lowest BCUT2D eigenvalue weighted by Crippen LogP contribution is -2.32. The number of anilines is 1. The summed E-state index contributed by atoms with van der Waals surface area (Å²) in [7, 11) is 1.72. The van der Waals surface area contributed by atoms with Gasteiger partial charge in [-0.1, -0.05) is 20.8 Å². The van der Waals surface area contributed by atoms with Crippen LogP contribution in [-0.4, -0.2) is 36.8 Å². The van der Waals surface area contributed by atoms with Gasteiger partial charge in [0, 0.05) is 32.7 Å². The molecule has 0 fully saturated rings. The highest BCUT2D eigenvalue weighted by Crippen LogP contribution is 2.18. The molecule has 0 unspecified atom stereocenters. The fourth-order valence-electron chi connectivity index (χ4n) is 1.71. The van der Waals surface area contributed by atoms with E-state index in [1.807, 2.05) is 6.07 Å². The topological polar surface area (TPSA) is 38.2 Å². The monoisotopic (exact) mass is 315 g/mol. The minimum atomic E-state index is 0.584. The molecule has 1 heterocycles. The molecule has 1 aromatic heterocycles. The Morgan fingerprint density at radius 3 is 2.67 bits per heavy atom. The first kappa shape index (κ1) is 15.4. The van der Waals surface area contributed by atoms with Crippen LogP contribution in [0.15, 0.2) is 10.7 Å². The van der Waals surface area contributed by atoms with Crippen LogP contribution in [0.3, 0.4) is 0 Å². The Balaban J connectivity index is 2.91. The third-order valence-electron chi connectivity index (χ3n) is 2.52. The molecule has 0 saturated carbocycles. The van der Waals surface area contributed by atoms with Gasteiger partial charge in [0.1, 0.15) is 16.2 Å². The van der Waals surface area contributed by atoms with Crippen molar-refractivity contribution in [2.75, 3.05) is 31.7 Å². The summed E-state index contributed by atoms with van der Waals surface area (Å²) in [6.07, 6.45) is 0.840. The highest BCUT2D eigenvalue weighted by molar-refractivity contribution is 9.10. The van der Waals surface area contributed by atoms with E-state index in [1.54, 1.807) is 7.11 Å². The predicted molar refractivity (Wildman–Crippen MR) is 78.0 cm³/mol. The Kier molecular flexibility index (Phi) is 6.57. The van der Waals surface area contributed by atoms with Crippen LogP contribution in [0.1, 0.15) is 26.6 Å². The second kappa shape index (κ2) is 7.69. The minimum absolute atomic E-state index is 0.584. The van der Waals surface area contributed by atoms with Gasteiger partial charge in [0.05, 0.1) is 6.61 Å². The lowest BCUT2D eigenvalue weighted by molar-refractivity contribution is 0.204. The summed E-state index contributed by atoms with van der Waals surface area (Å²) in [4.78, 5) is 11.2. The molecule has 18 heavy (non-hydrogen) atoms. The number of nitrogens with zero attached hydrogens (tertiary/aromatic N) is 3. The maximum atomic E-state index is 5.17. The van der Waals surface area contributed by atoms with Gasteiger partial charge in [-0.3, -0.25) is 0 Å². The van der Waals surface area contributed by atoms with Crippen molar-refractivity contribution in [3.63, 3.8) is 0 Å². The van der Waals surface area contributed by atoms with E-state index >= 15 is 0 Å². The van der Waals surface area contributed by atoms with E-state index < -0.39 is 0 Å². The number of aromatic nitrogens is 2. The Morgan fingerprint density at radius 1 is 1.39 bits per heavy atom. The maximum absolute atomic E-state index is 5.17. The summed E-state index contributed by atoms with van der Waals surface area (Å²) in [5.74, 6) is 2.42. The van der Waals surface area contributed by atoms with Gasteiger partial charge in [0.15, 0.2) is 0 Å². The molecular weight excluding hydrogens is 294 g/mol. The molecule has 0 spiro atoms. The van der Waals surface area contributed by atoms with Crippen LogP contribution >= 0.6 is 15.9 Å². The molecule has 0 atom stereocenters. The summed E-state index contributed by atoms with van der Waals surface area (Å²) in [6.45, 7) is 8.99. The van der Waals surface area contributed by atoms with Crippen molar-refractivity contribution in [2.24, 2.45) is 5.92 Å². The zero-order chi connectivity index (χ0) is 13.5. The summed E-state index contributed by atoms with van der Waals surface area (Å²) in [5.41, 5.74) is 0. The SMILES string of the molecule is CCc1nc(Br)cc(N(CCOC)CC(C)C)n1. The van der Waals surface area contributed by atoms with Crippen molar-refractivity contribution in [3.8, 4) is 0 Å². The molecule has 1 rings (SSSR count). The number of halogens is 1. The van der Waals surface area contributed by atoms with E-state index in [4.69, 9.17) is 4.74 Å². The molecule has 0 saturated heterocycles. The summed E-state index contributed by atoms with van der Waals surface area (Å²) in [6, 6.07) is 1.97. The van der Waals surface area contributed by atoms with Gasteiger partial charge in [0.2, 0.25) is 0 Å². The van der Waals surface area contributed by atoms with E-state index in [1.165, 1.54) is 0 Å². The smallest absolute Gasteiger partial charge is 0.133 e. The Labute approximate surface area is 118 Å². The van der Waals surface area contributed by atoms with Crippen molar-refractivity contribution in [2.45, 2.75) is 27.2 Å². The van der Waals surface area contributed by atoms with E-state index in [0.717, 1.165) is 35.8 Å². The first-order valence-electron chi connectivity index (χ1n) is 6.34. The Hall–Kier alpha value is -0.680. The summed E-state index contributed by atoms with van der Waals surface area (Å²) in [5, 5.41) is 0. The fraction of sp³-hybridized carbons (Fsp3) is 0.692. The minimum Gasteiger partial charge on any atom is -0.383 e. The van der Waals surface area contributed by atoms with Crippen molar-refractivity contribution in [1.82, 2.24) is 9.97 Å². The number of methoxy groups -OCH3 is 1. The zero-order valence-corrected chi connectivity index (χ0v) is 13.2. The molecule has 4 nitrogen and oxygen atoms in total. The molecule has 102 valence electrons. The van der Waals surface area contributed by atoms with Crippen LogP contribution in [0.2, 0.25) is 0 Å². The molecule has 0 radical (unpaired) electrons. The highest BCUT2D eigenvalue weighted by atomic mass is 79.9. The van der Waals surface area contributed by atoms with Crippen molar-refractivity contribution in [3.05, 3.63) is 16.5 Å². The van der Waals surface area contributed by atoms with Gasteiger partial charge in [-0.25, -0.2) is 9.97 Å². The van der Waals surface area contributed by atoms with Crippen molar-refractivity contribution >= 4 is 21.7 Å². The standard InChI is InChI=1S/C13H22BrN3O/c1-5-12-15-11(14)8-13(16-12)17(6-7-18-4)9-10(2)3/h8,10H,5-7,9H2,1-4H3. The first-order valence-corrected chi connectivity index (χ1v) is 7.13. The van der Waals surface area contributed by atoms with Crippen LogP contribution in [0.25, 0.3) is 0 Å². The molecule has 0 amide bonds. The average molecular weight is 316 g/mol.